The molecule has 0 spiro atoms. The Bertz CT molecular complexity index is 725. The molecule has 1 saturated heterocycles. The number of hydrogen-bond donors (Lipinski definition) is 0. The highest BCUT2D eigenvalue weighted by Crippen LogP contribution is 2.49. The monoisotopic (exact) mass is 325 g/mol. The molecular formula is C20H20FNO2. The lowest BCUT2D eigenvalue weighted by Gasteiger charge is -2.35. The molecule has 24 heavy (non-hydrogen) atoms. The third-order valence-corrected chi connectivity index (χ3v) is 5.08. The van der Waals surface area contributed by atoms with Gasteiger partial charge in [0.05, 0.1) is 18.6 Å². The Morgan fingerprint density at radius 3 is 2.46 bits per heavy atom. The summed E-state index contributed by atoms with van der Waals surface area (Å²) in [6.07, 6.45) is 1.64. The molecular weight excluding hydrogens is 305 g/mol. The maximum absolute atomic E-state index is 13.1. The Kier molecular flexibility index (Phi) is 3.85. The highest BCUT2D eigenvalue weighted by molar-refractivity contribution is 5.91. The third kappa shape index (κ3) is 2.71. The van der Waals surface area contributed by atoms with E-state index in [2.05, 4.69) is 0 Å². The zero-order valence-corrected chi connectivity index (χ0v) is 13.5. The highest BCUT2D eigenvalue weighted by Gasteiger charge is 2.53. The predicted octanol–water partition coefficient (Wildman–Crippen LogP) is 3.46. The van der Waals surface area contributed by atoms with Gasteiger partial charge in [0.2, 0.25) is 5.91 Å². The third-order valence-electron chi connectivity index (χ3n) is 5.08. The molecule has 4 rings (SSSR count). The van der Waals surface area contributed by atoms with Gasteiger partial charge in [0, 0.05) is 6.54 Å². The molecule has 0 bridgehead atoms. The summed E-state index contributed by atoms with van der Waals surface area (Å²) in [4.78, 5) is 15.0. The number of halogens is 1. The van der Waals surface area contributed by atoms with Crippen molar-refractivity contribution in [2.75, 3.05) is 19.7 Å². The van der Waals surface area contributed by atoms with Crippen molar-refractivity contribution in [1.29, 1.82) is 0 Å². The molecule has 1 saturated carbocycles. The Morgan fingerprint density at radius 1 is 1.08 bits per heavy atom. The number of carbonyl (C=O) groups excluding carboxylic acids is 1. The summed E-state index contributed by atoms with van der Waals surface area (Å²) in [5.74, 6) is -0.0624. The van der Waals surface area contributed by atoms with Crippen LogP contribution >= 0.6 is 0 Å². The normalized spacial score (nSPS) is 22.2. The molecule has 4 heteroatoms. The van der Waals surface area contributed by atoms with E-state index >= 15 is 0 Å². The number of rotatable bonds is 3. The van der Waals surface area contributed by atoms with Crippen LogP contribution in [0.15, 0.2) is 54.6 Å². The van der Waals surface area contributed by atoms with Gasteiger partial charge in [0.15, 0.2) is 0 Å². The van der Waals surface area contributed by atoms with Gasteiger partial charge in [-0.2, -0.15) is 0 Å². The number of hydrogen-bond acceptors (Lipinski definition) is 2. The first-order valence-corrected chi connectivity index (χ1v) is 8.41. The number of nitrogens with zero attached hydrogens (tertiary/aromatic N) is 1. The largest absolute Gasteiger partial charge is 0.370 e. The van der Waals surface area contributed by atoms with Crippen molar-refractivity contribution in [2.45, 2.75) is 24.4 Å². The molecule has 0 N–H and O–H groups in total. The maximum Gasteiger partial charge on any atom is 0.233 e. The predicted molar refractivity (Wildman–Crippen MR) is 89.0 cm³/mol. The molecule has 1 atom stereocenters. The van der Waals surface area contributed by atoms with Gasteiger partial charge < -0.3 is 9.64 Å². The van der Waals surface area contributed by atoms with E-state index in [1.165, 1.54) is 12.1 Å². The Hall–Kier alpha value is -2.20. The minimum Gasteiger partial charge on any atom is -0.370 e. The first kappa shape index (κ1) is 15.3. The van der Waals surface area contributed by atoms with Crippen molar-refractivity contribution in [3.8, 4) is 0 Å². The first-order chi connectivity index (χ1) is 11.7. The molecule has 1 amide bonds. The number of carbonyl (C=O) groups is 1. The van der Waals surface area contributed by atoms with Gasteiger partial charge in [-0.05, 0) is 36.1 Å². The van der Waals surface area contributed by atoms with Crippen LogP contribution < -0.4 is 0 Å². The zero-order valence-electron chi connectivity index (χ0n) is 13.5. The average molecular weight is 325 g/mol. The minimum absolute atomic E-state index is 0.185. The minimum atomic E-state index is -0.341. The highest BCUT2D eigenvalue weighted by atomic mass is 19.1. The van der Waals surface area contributed by atoms with Gasteiger partial charge in [0.1, 0.15) is 11.9 Å². The van der Waals surface area contributed by atoms with Crippen LogP contribution in [-0.2, 0) is 14.9 Å². The summed E-state index contributed by atoms with van der Waals surface area (Å²) in [7, 11) is 0. The van der Waals surface area contributed by atoms with Crippen molar-refractivity contribution in [3.63, 3.8) is 0 Å². The molecule has 2 fully saturated rings. The number of morpholine rings is 1. The van der Waals surface area contributed by atoms with Crippen molar-refractivity contribution in [1.82, 2.24) is 4.90 Å². The smallest absolute Gasteiger partial charge is 0.233 e. The first-order valence-electron chi connectivity index (χ1n) is 8.41. The van der Waals surface area contributed by atoms with Crippen LogP contribution in [0, 0.1) is 5.82 Å². The molecule has 1 unspecified atom stereocenters. The van der Waals surface area contributed by atoms with Gasteiger partial charge >= 0.3 is 0 Å². The standard InChI is InChI=1S/C20H20FNO2/c21-17-8-6-15(7-9-17)18-14-22(12-13-24-18)19(23)20(10-11-20)16-4-2-1-3-5-16/h1-9,18H,10-14H2. The second-order valence-corrected chi connectivity index (χ2v) is 6.61. The molecule has 1 aliphatic carbocycles. The summed E-state index contributed by atoms with van der Waals surface area (Å²) >= 11 is 0. The Labute approximate surface area is 141 Å². The quantitative estimate of drug-likeness (QED) is 0.865. The van der Waals surface area contributed by atoms with E-state index in [0.29, 0.717) is 19.7 Å². The molecule has 2 aromatic carbocycles. The molecule has 1 heterocycles. The fourth-order valence-corrected chi connectivity index (χ4v) is 3.52. The molecule has 1 aliphatic heterocycles. The van der Waals surface area contributed by atoms with E-state index < -0.39 is 0 Å². The van der Waals surface area contributed by atoms with Gasteiger partial charge in [0.25, 0.3) is 0 Å². The van der Waals surface area contributed by atoms with Gasteiger partial charge in [-0.3, -0.25) is 4.79 Å². The Balaban J connectivity index is 1.52. The van der Waals surface area contributed by atoms with Crippen LogP contribution in [0.1, 0.15) is 30.1 Å². The summed E-state index contributed by atoms with van der Waals surface area (Å²) in [6, 6.07) is 16.4. The van der Waals surface area contributed by atoms with Crippen molar-refractivity contribution in [2.24, 2.45) is 0 Å². The van der Waals surface area contributed by atoms with E-state index in [0.717, 1.165) is 24.0 Å². The van der Waals surface area contributed by atoms with Crippen molar-refractivity contribution < 1.29 is 13.9 Å². The fraction of sp³-hybridized carbons (Fsp3) is 0.350. The van der Waals surface area contributed by atoms with E-state index in [4.69, 9.17) is 4.74 Å². The fourth-order valence-electron chi connectivity index (χ4n) is 3.52. The lowest BCUT2D eigenvalue weighted by Crippen LogP contribution is -2.46. The van der Waals surface area contributed by atoms with E-state index in [1.807, 2.05) is 35.2 Å². The van der Waals surface area contributed by atoms with Crippen LogP contribution in [0.2, 0.25) is 0 Å². The summed E-state index contributed by atoms with van der Waals surface area (Å²) < 4.78 is 18.9. The number of amides is 1. The molecule has 2 aliphatic rings. The molecule has 3 nitrogen and oxygen atoms in total. The van der Waals surface area contributed by atoms with Crippen LogP contribution in [-0.4, -0.2) is 30.5 Å². The molecule has 2 aromatic rings. The van der Waals surface area contributed by atoms with Gasteiger partial charge in [-0.1, -0.05) is 42.5 Å². The summed E-state index contributed by atoms with van der Waals surface area (Å²) in [6.45, 7) is 1.66. The van der Waals surface area contributed by atoms with Gasteiger partial charge in [-0.25, -0.2) is 4.39 Å². The lowest BCUT2D eigenvalue weighted by atomic mass is 9.93. The van der Waals surface area contributed by atoms with E-state index in [9.17, 15) is 9.18 Å². The SMILES string of the molecule is O=C(N1CCOC(c2ccc(F)cc2)C1)C1(c2ccccc2)CC1. The second-order valence-electron chi connectivity index (χ2n) is 6.61. The van der Waals surface area contributed by atoms with Crippen molar-refractivity contribution >= 4 is 5.91 Å². The summed E-state index contributed by atoms with van der Waals surface area (Å²) in [5, 5.41) is 0. The average Bonchev–Trinajstić information content (AvgIpc) is 3.44. The number of ether oxygens (including phenoxy) is 1. The Morgan fingerprint density at radius 2 is 1.79 bits per heavy atom. The van der Waals surface area contributed by atoms with Gasteiger partial charge in [-0.15, -0.1) is 0 Å². The second kappa shape index (κ2) is 6.02. The van der Waals surface area contributed by atoms with Crippen LogP contribution in [0.4, 0.5) is 4.39 Å². The van der Waals surface area contributed by atoms with Crippen LogP contribution in [0.5, 0.6) is 0 Å². The molecule has 0 aromatic heterocycles. The van der Waals surface area contributed by atoms with Crippen molar-refractivity contribution in [3.05, 3.63) is 71.5 Å². The number of benzene rings is 2. The lowest BCUT2D eigenvalue weighted by molar-refractivity contribution is -0.141. The summed E-state index contributed by atoms with van der Waals surface area (Å²) in [5.41, 5.74) is 1.68. The van der Waals surface area contributed by atoms with Crippen LogP contribution in [0.3, 0.4) is 0 Å². The van der Waals surface area contributed by atoms with E-state index in [1.54, 1.807) is 12.1 Å². The topological polar surface area (TPSA) is 29.5 Å². The van der Waals surface area contributed by atoms with Crippen LogP contribution in [0.25, 0.3) is 0 Å². The molecule has 0 radical (unpaired) electrons. The maximum atomic E-state index is 13.1. The molecule has 124 valence electrons. The zero-order chi connectivity index (χ0) is 16.6. The van der Waals surface area contributed by atoms with E-state index in [-0.39, 0.29) is 23.2 Å².